The van der Waals surface area contributed by atoms with Crippen LogP contribution in [-0.2, 0) is 9.47 Å². The number of aromatic nitrogens is 1. The molecule has 3 saturated heterocycles. The number of pyridine rings is 1. The summed E-state index contributed by atoms with van der Waals surface area (Å²) >= 11 is 0. The predicted molar refractivity (Wildman–Crippen MR) is 94.3 cm³/mol. The summed E-state index contributed by atoms with van der Waals surface area (Å²) in [7, 11) is 0. The highest BCUT2D eigenvalue weighted by atomic mass is 16.5. The summed E-state index contributed by atoms with van der Waals surface area (Å²) in [6.45, 7) is 5.89. The molecule has 1 spiro atoms. The second-order valence-corrected chi connectivity index (χ2v) is 7.60. The Morgan fingerprint density at radius 1 is 1.36 bits per heavy atom. The third-order valence-corrected chi connectivity index (χ3v) is 5.68. The van der Waals surface area contributed by atoms with Crippen LogP contribution in [0.15, 0.2) is 18.2 Å². The third kappa shape index (κ3) is 3.95. The van der Waals surface area contributed by atoms with Crippen molar-refractivity contribution in [2.75, 3.05) is 44.8 Å². The van der Waals surface area contributed by atoms with Gasteiger partial charge in [0.05, 0.1) is 18.2 Å². The molecular weight excluding hydrogens is 316 g/mol. The van der Waals surface area contributed by atoms with Gasteiger partial charge in [-0.25, -0.2) is 4.98 Å². The Morgan fingerprint density at radius 2 is 2.24 bits per heavy atom. The molecule has 2 atom stereocenters. The zero-order valence-corrected chi connectivity index (χ0v) is 14.6. The summed E-state index contributed by atoms with van der Waals surface area (Å²) in [5, 5.41) is 12.4. The molecule has 0 bridgehead atoms. The molecule has 1 aromatic rings. The molecule has 0 radical (unpaired) electrons. The van der Waals surface area contributed by atoms with E-state index in [-0.39, 0.29) is 11.6 Å². The van der Waals surface area contributed by atoms with E-state index >= 15 is 0 Å². The van der Waals surface area contributed by atoms with Crippen LogP contribution in [0.5, 0.6) is 0 Å². The van der Waals surface area contributed by atoms with E-state index in [1.54, 1.807) is 6.07 Å². The van der Waals surface area contributed by atoms with Crippen molar-refractivity contribution in [1.82, 2.24) is 9.88 Å². The van der Waals surface area contributed by atoms with E-state index in [9.17, 15) is 0 Å². The first-order valence-corrected chi connectivity index (χ1v) is 9.32. The normalized spacial score (nSPS) is 30.6. The fourth-order valence-electron chi connectivity index (χ4n) is 4.39. The Balaban J connectivity index is 1.30. The van der Waals surface area contributed by atoms with E-state index in [0.717, 1.165) is 50.9 Å². The standard InChI is InChI=1S/C19H26N4O2/c20-11-16-2-1-3-18(21-16)22-17-10-19(25-13-17)6-7-23(14-19)12-15-4-8-24-9-5-15/h1-3,15,17H,4-10,12-14H2,(H,21,22)/t17-,19-/m1/s1. The summed E-state index contributed by atoms with van der Waals surface area (Å²) in [4.78, 5) is 6.89. The Labute approximate surface area is 149 Å². The molecule has 3 aliphatic heterocycles. The van der Waals surface area contributed by atoms with Gasteiger partial charge in [-0.2, -0.15) is 5.26 Å². The highest BCUT2D eigenvalue weighted by Gasteiger charge is 2.45. The van der Waals surface area contributed by atoms with Gasteiger partial charge < -0.3 is 19.7 Å². The maximum absolute atomic E-state index is 8.98. The number of nitrogens with one attached hydrogen (secondary N) is 1. The summed E-state index contributed by atoms with van der Waals surface area (Å²) in [6.07, 6.45) is 4.50. The van der Waals surface area contributed by atoms with Gasteiger partial charge in [-0.15, -0.1) is 0 Å². The smallest absolute Gasteiger partial charge is 0.142 e. The van der Waals surface area contributed by atoms with Gasteiger partial charge in [0.2, 0.25) is 0 Å². The molecule has 0 aliphatic carbocycles. The number of ether oxygens (including phenoxy) is 2. The molecule has 25 heavy (non-hydrogen) atoms. The van der Waals surface area contributed by atoms with E-state index in [1.165, 1.54) is 19.4 Å². The lowest BCUT2D eigenvalue weighted by Crippen LogP contribution is -2.36. The first kappa shape index (κ1) is 16.8. The van der Waals surface area contributed by atoms with Crippen molar-refractivity contribution in [3.05, 3.63) is 23.9 Å². The molecule has 134 valence electrons. The molecule has 3 aliphatic rings. The summed E-state index contributed by atoms with van der Waals surface area (Å²) < 4.78 is 11.7. The maximum atomic E-state index is 8.98. The van der Waals surface area contributed by atoms with Crippen molar-refractivity contribution >= 4 is 5.82 Å². The van der Waals surface area contributed by atoms with Crippen LogP contribution < -0.4 is 5.32 Å². The number of hydrogen-bond donors (Lipinski definition) is 1. The van der Waals surface area contributed by atoms with Crippen LogP contribution in [0.3, 0.4) is 0 Å². The molecule has 0 unspecified atom stereocenters. The number of anilines is 1. The van der Waals surface area contributed by atoms with Gasteiger partial charge in [-0.05, 0) is 37.3 Å². The van der Waals surface area contributed by atoms with E-state index in [1.807, 2.05) is 12.1 Å². The van der Waals surface area contributed by atoms with E-state index < -0.39 is 0 Å². The lowest BCUT2D eigenvalue weighted by atomic mass is 9.97. The van der Waals surface area contributed by atoms with Gasteiger partial charge in [0.25, 0.3) is 0 Å². The second kappa shape index (κ2) is 7.28. The lowest BCUT2D eigenvalue weighted by molar-refractivity contribution is 0.00796. The maximum Gasteiger partial charge on any atom is 0.142 e. The molecule has 4 heterocycles. The van der Waals surface area contributed by atoms with Crippen LogP contribution in [0, 0.1) is 17.2 Å². The van der Waals surface area contributed by atoms with Crippen LogP contribution >= 0.6 is 0 Å². The minimum atomic E-state index is -0.00429. The van der Waals surface area contributed by atoms with E-state index in [0.29, 0.717) is 12.3 Å². The summed E-state index contributed by atoms with van der Waals surface area (Å²) in [6, 6.07) is 7.86. The van der Waals surface area contributed by atoms with Gasteiger partial charge in [0.15, 0.2) is 0 Å². The van der Waals surface area contributed by atoms with Crippen molar-refractivity contribution < 1.29 is 9.47 Å². The van der Waals surface area contributed by atoms with Crippen molar-refractivity contribution in [2.45, 2.75) is 37.3 Å². The van der Waals surface area contributed by atoms with E-state index in [2.05, 4.69) is 21.3 Å². The van der Waals surface area contributed by atoms with Crippen LogP contribution in [-0.4, -0.2) is 61.0 Å². The Kier molecular flexibility index (Phi) is 4.89. The number of hydrogen-bond acceptors (Lipinski definition) is 6. The molecule has 1 aromatic heterocycles. The second-order valence-electron chi connectivity index (χ2n) is 7.60. The molecule has 0 saturated carbocycles. The number of nitrogens with zero attached hydrogens (tertiary/aromatic N) is 3. The van der Waals surface area contributed by atoms with Crippen molar-refractivity contribution in [3.63, 3.8) is 0 Å². The summed E-state index contributed by atoms with van der Waals surface area (Å²) in [5.74, 6) is 1.54. The Hall–Kier alpha value is -1.68. The van der Waals surface area contributed by atoms with Gasteiger partial charge in [-0.3, -0.25) is 0 Å². The van der Waals surface area contributed by atoms with Crippen LogP contribution in [0.25, 0.3) is 0 Å². The SMILES string of the molecule is N#Cc1cccc(N[C@H]2CO[C@]3(CCN(CC4CCOCC4)C3)C2)n1. The molecule has 6 nitrogen and oxygen atoms in total. The lowest BCUT2D eigenvalue weighted by Gasteiger charge is -2.28. The molecule has 0 aromatic carbocycles. The topological polar surface area (TPSA) is 70.4 Å². The first-order valence-electron chi connectivity index (χ1n) is 9.32. The molecule has 3 fully saturated rings. The monoisotopic (exact) mass is 342 g/mol. The number of nitriles is 1. The van der Waals surface area contributed by atoms with Crippen molar-refractivity contribution in [2.24, 2.45) is 5.92 Å². The average Bonchev–Trinajstić information content (AvgIpc) is 3.22. The fourth-order valence-corrected chi connectivity index (χ4v) is 4.39. The van der Waals surface area contributed by atoms with E-state index in [4.69, 9.17) is 14.7 Å². The minimum Gasteiger partial charge on any atom is -0.381 e. The Bertz CT molecular complexity index is 641. The van der Waals surface area contributed by atoms with Gasteiger partial charge >= 0.3 is 0 Å². The average molecular weight is 342 g/mol. The highest BCUT2D eigenvalue weighted by Crippen LogP contribution is 2.36. The first-order chi connectivity index (χ1) is 12.2. The van der Waals surface area contributed by atoms with Gasteiger partial charge in [0.1, 0.15) is 17.6 Å². The van der Waals surface area contributed by atoms with Gasteiger partial charge in [0, 0.05) is 39.3 Å². The van der Waals surface area contributed by atoms with Crippen molar-refractivity contribution in [3.8, 4) is 6.07 Å². The fraction of sp³-hybridized carbons (Fsp3) is 0.684. The third-order valence-electron chi connectivity index (χ3n) is 5.68. The quantitative estimate of drug-likeness (QED) is 0.903. The molecule has 4 rings (SSSR count). The van der Waals surface area contributed by atoms with Gasteiger partial charge in [-0.1, -0.05) is 6.07 Å². The van der Waals surface area contributed by atoms with Crippen LogP contribution in [0.4, 0.5) is 5.82 Å². The molecular formula is C19H26N4O2. The highest BCUT2D eigenvalue weighted by molar-refractivity contribution is 5.39. The molecule has 0 amide bonds. The zero-order chi connectivity index (χ0) is 17.1. The molecule has 1 N–H and O–H groups in total. The molecule has 6 heteroatoms. The zero-order valence-electron chi connectivity index (χ0n) is 14.6. The minimum absolute atomic E-state index is 0.00429. The number of likely N-dealkylation sites (tertiary alicyclic amines) is 1. The summed E-state index contributed by atoms with van der Waals surface area (Å²) in [5.41, 5.74) is 0.442. The largest absolute Gasteiger partial charge is 0.381 e. The van der Waals surface area contributed by atoms with Crippen LogP contribution in [0.1, 0.15) is 31.4 Å². The Morgan fingerprint density at radius 3 is 3.08 bits per heavy atom. The predicted octanol–water partition coefficient (Wildman–Crippen LogP) is 2.03. The van der Waals surface area contributed by atoms with Crippen LogP contribution in [0.2, 0.25) is 0 Å². The number of rotatable bonds is 4. The van der Waals surface area contributed by atoms with Crippen molar-refractivity contribution in [1.29, 1.82) is 5.26 Å².